The summed E-state index contributed by atoms with van der Waals surface area (Å²) in [7, 11) is 1.89. The zero-order valence-electron chi connectivity index (χ0n) is 9.35. The van der Waals surface area contributed by atoms with Gasteiger partial charge in [0, 0.05) is 12.6 Å². The first-order chi connectivity index (χ1) is 7.63. The van der Waals surface area contributed by atoms with Gasteiger partial charge in [0.1, 0.15) is 0 Å². The SMILES string of the molecule is CN1C[C@H](NOCC(=O)O)CCC[C@H]1C#N. The van der Waals surface area contributed by atoms with Crippen LogP contribution in [0.3, 0.4) is 0 Å². The van der Waals surface area contributed by atoms with Crippen molar-refractivity contribution in [1.82, 2.24) is 10.4 Å². The predicted molar refractivity (Wildman–Crippen MR) is 56.4 cm³/mol. The molecule has 90 valence electrons. The summed E-state index contributed by atoms with van der Waals surface area (Å²) >= 11 is 0. The highest BCUT2D eigenvalue weighted by atomic mass is 16.7. The van der Waals surface area contributed by atoms with Crippen molar-refractivity contribution in [2.45, 2.75) is 31.3 Å². The topological polar surface area (TPSA) is 85.6 Å². The van der Waals surface area contributed by atoms with Gasteiger partial charge in [0.15, 0.2) is 6.61 Å². The molecule has 0 aromatic heterocycles. The van der Waals surface area contributed by atoms with Crippen LogP contribution in [-0.2, 0) is 9.63 Å². The molecule has 2 atom stereocenters. The molecular formula is C10H17N3O3. The lowest BCUT2D eigenvalue weighted by Crippen LogP contribution is -2.41. The lowest BCUT2D eigenvalue weighted by molar-refractivity contribution is -0.146. The summed E-state index contributed by atoms with van der Waals surface area (Å²) in [4.78, 5) is 17.1. The van der Waals surface area contributed by atoms with Crippen LogP contribution >= 0.6 is 0 Å². The number of carbonyl (C=O) groups is 1. The maximum Gasteiger partial charge on any atom is 0.331 e. The van der Waals surface area contributed by atoms with Crippen LogP contribution in [0, 0.1) is 11.3 Å². The van der Waals surface area contributed by atoms with Gasteiger partial charge in [-0.3, -0.25) is 9.74 Å². The van der Waals surface area contributed by atoms with Gasteiger partial charge in [0.05, 0.1) is 12.1 Å². The van der Waals surface area contributed by atoms with E-state index in [4.69, 9.17) is 15.2 Å². The minimum Gasteiger partial charge on any atom is -0.479 e. The first-order valence-corrected chi connectivity index (χ1v) is 5.32. The van der Waals surface area contributed by atoms with Crippen LogP contribution in [0.25, 0.3) is 0 Å². The van der Waals surface area contributed by atoms with E-state index in [0.717, 1.165) is 19.3 Å². The highest BCUT2D eigenvalue weighted by Crippen LogP contribution is 2.14. The molecule has 1 saturated heterocycles. The van der Waals surface area contributed by atoms with Crippen LogP contribution in [-0.4, -0.2) is 48.3 Å². The largest absolute Gasteiger partial charge is 0.479 e. The third kappa shape index (κ3) is 4.14. The van der Waals surface area contributed by atoms with Crippen molar-refractivity contribution in [2.75, 3.05) is 20.2 Å². The van der Waals surface area contributed by atoms with Gasteiger partial charge in [-0.15, -0.1) is 0 Å². The molecule has 0 radical (unpaired) electrons. The van der Waals surface area contributed by atoms with E-state index in [2.05, 4.69) is 11.5 Å². The number of nitrogens with one attached hydrogen (secondary N) is 1. The number of hydrogen-bond donors (Lipinski definition) is 2. The van der Waals surface area contributed by atoms with E-state index in [1.165, 1.54) is 0 Å². The number of hydroxylamine groups is 1. The Hall–Kier alpha value is -1.16. The number of likely N-dealkylation sites (N-methyl/N-ethyl adjacent to an activating group) is 1. The van der Waals surface area contributed by atoms with Gasteiger partial charge >= 0.3 is 5.97 Å². The lowest BCUT2D eigenvalue weighted by atomic mass is 10.1. The molecule has 16 heavy (non-hydrogen) atoms. The Morgan fingerprint density at radius 2 is 2.44 bits per heavy atom. The monoisotopic (exact) mass is 227 g/mol. The minimum atomic E-state index is -0.996. The fourth-order valence-corrected chi connectivity index (χ4v) is 1.82. The van der Waals surface area contributed by atoms with E-state index in [1.54, 1.807) is 0 Å². The Kier molecular flexibility index (Phi) is 5.19. The molecule has 1 rings (SSSR count). The molecular weight excluding hydrogens is 210 g/mol. The molecule has 0 aromatic carbocycles. The maximum atomic E-state index is 10.3. The first-order valence-electron chi connectivity index (χ1n) is 5.32. The number of hydrogen-bond acceptors (Lipinski definition) is 5. The van der Waals surface area contributed by atoms with Gasteiger partial charge in [-0.1, -0.05) is 0 Å². The molecule has 1 aliphatic rings. The van der Waals surface area contributed by atoms with Crippen molar-refractivity contribution >= 4 is 5.97 Å². The van der Waals surface area contributed by atoms with Crippen molar-refractivity contribution in [1.29, 1.82) is 5.26 Å². The number of carboxylic acid groups (broad SMARTS) is 1. The standard InChI is InChI=1S/C10H17N3O3/c1-13-6-8(12-16-7-10(14)15)3-2-4-9(13)5-11/h8-9,12H,2-4,6-7H2,1H3,(H,14,15)/t8-,9+/m1/s1. The Labute approximate surface area is 94.7 Å². The Morgan fingerprint density at radius 3 is 3.06 bits per heavy atom. The predicted octanol–water partition coefficient (Wildman–Crippen LogP) is -0.0313. The van der Waals surface area contributed by atoms with E-state index in [1.807, 2.05) is 11.9 Å². The fourth-order valence-electron chi connectivity index (χ4n) is 1.82. The normalized spacial score (nSPS) is 27.0. The number of aliphatic carboxylic acids is 1. The van der Waals surface area contributed by atoms with Gasteiger partial charge in [-0.25, -0.2) is 4.79 Å². The van der Waals surface area contributed by atoms with Gasteiger partial charge in [0.25, 0.3) is 0 Å². The highest BCUT2D eigenvalue weighted by molar-refractivity contribution is 5.67. The molecule has 0 amide bonds. The summed E-state index contributed by atoms with van der Waals surface area (Å²) in [6.45, 7) is 0.347. The number of nitriles is 1. The average Bonchev–Trinajstić information content (AvgIpc) is 2.39. The molecule has 0 aliphatic carbocycles. The average molecular weight is 227 g/mol. The van der Waals surface area contributed by atoms with Gasteiger partial charge in [0.2, 0.25) is 0 Å². The van der Waals surface area contributed by atoms with Crippen molar-refractivity contribution in [3.05, 3.63) is 0 Å². The van der Waals surface area contributed by atoms with Crippen LogP contribution in [0.2, 0.25) is 0 Å². The Bertz CT molecular complexity index is 277. The number of likely N-dealkylation sites (tertiary alicyclic amines) is 1. The Balaban J connectivity index is 2.33. The summed E-state index contributed by atoms with van der Waals surface area (Å²) in [5.74, 6) is -0.996. The summed E-state index contributed by atoms with van der Waals surface area (Å²) in [5, 5.41) is 17.3. The smallest absolute Gasteiger partial charge is 0.331 e. The van der Waals surface area contributed by atoms with Gasteiger partial charge in [-0.05, 0) is 26.3 Å². The maximum absolute atomic E-state index is 10.3. The van der Waals surface area contributed by atoms with Crippen LogP contribution in [0.5, 0.6) is 0 Å². The molecule has 0 unspecified atom stereocenters. The Morgan fingerprint density at radius 1 is 1.69 bits per heavy atom. The van der Waals surface area contributed by atoms with Crippen molar-refractivity contribution < 1.29 is 14.7 Å². The summed E-state index contributed by atoms with van der Waals surface area (Å²) < 4.78 is 0. The van der Waals surface area contributed by atoms with Gasteiger partial charge in [-0.2, -0.15) is 10.7 Å². The van der Waals surface area contributed by atoms with Crippen molar-refractivity contribution in [3.63, 3.8) is 0 Å². The molecule has 2 N–H and O–H groups in total. The summed E-state index contributed by atoms with van der Waals surface area (Å²) in [5.41, 5.74) is 2.74. The zero-order chi connectivity index (χ0) is 12.0. The van der Waals surface area contributed by atoms with Gasteiger partial charge < -0.3 is 5.11 Å². The molecule has 0 aromatic rings. The van der Waals surface area contributed by atoms with E-state index in [-0.39, 0.29) is 18.7 Å². The highest BCUT2D eigenvalue weighted by Gasteiger charge is 2.22. The molecule has 1 fully saturated rings. The van der Waals surface area contributed by atoms with Crippen LogP contribution in [0.15, 0.2) is 0 Å². The van der Waals surface area contributed by atoms with Crippen molar-refractivity contribution in [3.8, 4) is 6.07 Å². The fraction of sp³-hybridized carbons (Fsp3) is 0.800. The quantitative estimate of drug-likeness (QED) is 0.656. The second kappa shape index (κ2) is 6.43. The van der Waals surface area contributed by atoms with Crippen LogP contribution in [0.1, 0.15) is 19.3 Å². The van der Waals surface area contributed by atoms with E-state index in [0.29, 0.717) is 6.54 Å². The minimum absolute atomic E-state index is 0.0497. The molecule has 0 bridgehead atoms. The molecule has 0 spiro atoms. The van der Waals surface area contributed by atoms with E-state index in [9.17, 15) is 4.79 Å². The molecule has 0 saturated carbocycles. The zero-order valence-corrected chi connectivity index (χ0v) is 9.35. The van der Waals surface area contributed by atoms with Crippen LogP contribution in [0.4, 0.5) is 0 Å². The van der Waals surface area contributed by atoms with E-state index < -0.39 is 5.97 Å². The second-order valence-electron chi connectivity index (χ2n) is 4.01. The number of rotatable bonds is 4. The van der Waals surface area contributed by atoms with Crippen LogP contribution < -0.4 is 5.48 Å². The van der Waals surface area contributed by atoms with E-state index >= 15 is 0 Å². The third-order valence-corrected chi connectivity index (χ3v) is 2.67. The summed E-state index contributed by atoms with van der Waals surface area (Å²) in [6.07, 6.45) is 2.68. The summed E-state index contributed by atoms with van der Waals surface area (Å²) in [6, 6.07) is 2.29. The second-order valence-corrected chi connectivity index (χ2v) is 4.01. The molecule has 6 nitrogen and oxygen atoms in total. The lowest BCUT2D eigenvalue weighted by Gasteiger charge is -2.23. The molecule has 1 heterocycles. The number of nitrogens with zero attached hydrogens (tertiary/aromatic N) is 2. The first kappa shape index (κ1) is 12.9. The van der Waals surface area contributed by atoms with Crippen molar-refractivity contribution in [2.24, 2.45) is 0 Å². The molecule has 6 heteroatoms. The molecule has 1 aliphatic heterocycles. The number of carboxylic acids is 1. The third-order valence-electron chi connectivity index (χ3n) is 2.67.